The Bertz CT molecular complexity index is 97.7. The molecule has 1 N–H and O–H groups in total. The largest absolute Gasteiger partial charge is 0.390 e. The normalized spacial score (nSPS) is 12.6. The Labute approximate surface area is 54.9 Å². The first kappa shape index (κ1) is 8.41. The molecule has 0 fully saturated rings. The van der Waals surface area contributed by atoms with E-state index in [0.29, 0.717) is 6.61 Å². The minimum absolute atomic E-state index is 0.153. The Morgan fingerprint density at radius 1 is 1.78 bits per heavy atom. The van der Waals surface area contributed by atoms with Crippen LogP contribution in [-0.2, 0) is 4.74 Å². The van der Waals surface area contributed by atoms with Crippen molar-refractivity contribution in [2.45, 2.75) is 19.4 Å². The summed E-state index contributed by atoms with van der Waals surface area (Å²) in [5.41, 5.74) is 0. The van der Waals surface area contributed by atoms with Crippen molar-refractivity contribution < 1.29 is 9.84 Å². The van der Waals surface area contributed by atoms with Crippen LogP contribution in [0.2, 0.25) is 0 Å². The van der Waals surface area contributed by atoms with Crippen molar-refractivity contribution in [3.63, 3.8) is 0 Å². The molecule has 0 saturated heterocycles. The van der Waals surface area contributed by atoms with E-state index in [2.05, 4.69) is 0 Å². The number of aliphatic hydroxyl groups excluding tert-OH is 1. The van der Waals surface area contributed by atoms with Gasteiger partial charge < -0.3 is 9.84 Å². The third-order valence-electron chi connectivity index (χ3n) is 0.841. The predicted molar refractivity (Wildman–Crippen MR) is 32.7 cm³/mol. The van der Waals surface area contributed by atoms with E-state index in [1.165, 1.54) is 0 Å². The molecular weight excluding hydrogens is 118 g/mol. The quantitative estimate of drug-likeness (QED) is 0.593. The van der Waals surface area contributed by atoms with Gasteiger partial charge in [-0.25, -0.2) is 0 Å². The second kappa shape index (κ2) is 5.54. The first-order valence-corrected chi connectivity index (χ1v) is 2.94. The molecule has 0 amide bonds. The Kier molecular flexibility index (Phi) is 5.18. The van der Waals surface area contributed by atoms with Crippen LogP contribution in [0.1, 0.15) is 13.3 Å². The topological polar surface area (TPSA) is 53.2 Å². The zero-order valence-electron chi connectivity index (χ0n) is 5.50. The molecule has 3 nitrogen and oxygen atoms in total. The number of nitrogens with zero attached hydrogens (tertiary/aromatic N) is 1. The molecule has 0 bridgehead atoms. The first-order chi connectivity index (χ1) is 4.31. The molecule has 0 heterocycles. The molecule has 1 unspecified atom stereocenters. The average molecular weight is 129 g/mol. The van der Waals surface area contributed by atoms with Gasteiger partial charge in [0.05, 0.1) is 25.2 Å². The number of nitriles is 1. The molecule has 0 aliphatic heterocycles. The highest BCUT2D eigenvalue weighted by molar-refractivity contribution is 4.74. The Balaban J connectivity index is 3.08. The molecule has 0 aliphatic rings. The van der Waals surface area contributed by atoms with Gasteiger partial charge in [-0.3, -0.25) is 0 Å². The van der Waals surface area contributed by atoms with Gasteiger partial charge in [-0.2, -0.15) is 5.26 Å². The Morgan fingerprint density at radius 2 is 2.44 bits per heavy atom. The fourth-order valence-electron chi connectivity index (χ4n) is 0.418. The molecule has 52 valence electrons. The van der Waals surface area contributed by atoms with E-state index in [1.807, 2.05) is 13.0 Å². The van der Waals surface area contributed by atoms with E-state index >= 15 is 0 Å². The van der Waals surface area contributed by atoms with Gasteiger partial charge in [0, 0.05) is 6.61 Å². The Hall–Kier alpha value is -0.590. The van der Waals surface area contributed by atoms with Gasteiger partial charge in [-0.15, -0.1) is 0 Å². The third-order valence-corrected chi connectivity index (χ3v) is 0.841. The van der Waals surface area contributed by atoms with E-state index in [4.69, 9.17) is 15.1 Å². The highest BCUT2D eigenvalue weighted by Gasteiger charge is 2.00. The second-order valence-electron chi connectivity index (χ2n) is 1.68. The highest BCUT2D eigenvalue weighted by Crippen LogP contribution is 1.89. The van der Waals surface area contributed by atoms with E-state index < -0.39 is 6.10 Å². The van der Waals surface area contributed by atoms with Crippen molar-refractivity contribution in [3.05, 3.63) is 0 Å². The van der Waals surface area contributed by atoms with Crippen LogP contribution >= 0.6 is 0 Å². The van der Waals surface area contributed by atoms with Crippen molar-refractivity contribution in [3.8, 4) is 6.07 Å². The lowest BCUT2D eigenvalue weighted by molar-refractivity contribution is 0.0453. The van der Waals surface area contributed by atoms with Crippen LogP contribution in [0, 0.1) is 11.3 Å². The summed E-state index contributed by atoms with van der Waals surface area (Å²) in [4.78, 5) is 0. The van der Waals surface area contributed by atoms with E-state index in [0.717, 1.165) is 0 Å². The van der Waals surface area contributed by atoms with Crippen LogP contribution in [0.4, 0.5) is 0 Å². The van der Waals surface area contributed by atoms with Crippen molar-refractivity contribution in [2.75, 3.05) is 13.2 Å². The fraction of sp³-hybridized carbons (Fsp3) is 0.833. The molecule has 0 radical (unpaired) electrons. The maximum atomic E-state index is 8.83. The van der Waals surface area contributed by atoms with Crippen molar-refractivity contribution in [1.82, 2.24) is 0 Å². The monoisotopic (exact) mass is 129 g/mol. The standard InChI is InChI=1S/C6H11NO2/c1-2-9-5-6(8)3-4-7/h6,8H,2-3,5H2,1H3. The molecule has 0 aromatic heterocycles. The zero-order valence-corrected chi connectivity index (χ0v) is 5.50. The molecule has 1 atom stereocenters. The van der Waals surface area contributed by atoms with Crippen LogP contribution < -0.4 is 0 Å². The minimum Gasteiger partial charge on any atom is -0.390 e. The molecule has 9 heavy (non-hydrogen) atoms. The van der Waals surface area contributed by atoms with E-state index in [1.54, 1.807) is 0 Å². The first-order valence-electron chi connectivity index (χ1n) is 2.94. The highest BCUT2D eigenvalue weighted by atomic mass is 16.5. The fourth-order valence-corrected chi connectivity index (χ4v) is 0.418. The summed E-state index contributed by atoms with van der Waals surface area (Å²) < 4.78 is 4.85. The van der Waals surface area contributed by atoms with Crippen LogP contribution in [0.5, 0.6) is 0 Å². The van der Waals surface area contributed by atoms with Crippen LogP contribution in [0.25, 0.3) is 0 Å². The van der Waals surface area contributed by atoms with Gasteiger partial charge in [0.15, 0.2) is 0 Å². The van der Waals surface area contributed by atoms with E-state index in [-0.39, 0.29) is 13.0 Å². The molecule has 0 spiro atoms. The van der Waals surface area contributed by atoms with Crippen LogP contribution in [0.3, 0.4) is 0 Å². The summed E-state index contributed by atoms with van der Waals surface area (Å²) in [5.74, 6) is 0. The summed E-state index contributed by atoms with van der Waals surface area (Å²) in [6, 6.07) is 1.85. The maximum absolute atomic E-state index is 8.83. The van der Waals surface area contributed by atoms with Crippen molar-refractivity contribution >= 4 is 0 Å². The SMILES string of the molecule is CCOCC(O)CC#N. The second-order valence-corrected chi connectivity index (χ2v) is 1.68. The summed E-state index contributed by atoms with van der Waals surface area (Å²) in [7, 11) is 0. The summed E-state index contributed by atoms with van der Waals surface area (Å²) in [5, 5.41) is 16.9. The number of rotatable bonds is 4. The molecule has 0 rings (SSSR count). The number of aliphatic hydroxyl groups is 1. The van der Waals surface area contributed by atoms with Crippen LogP contribution in [0.15, 0.2) is 0 Å². The van der Waals surface area contributed by atoms with Crippen LogP contribution in [-0.4, -0.2) is 24.4 Å². The summed E-state index contributed by atoms with van der Waals surface area (Å²) in [6.07, 6.45) is -0.463. The molecule has 0 aliphatic carbocycles. The van der Waals surface area contributed by atoms with Crippen molar-refractivity contribution in [1.29, 1.82) is 5.26 Å². The molecule has 0 aromatic carbocycles. The van der Waals surface area contributed by atoms with Crippen molar-refractivity contribution in [2.24, 2.45) is 0 Å². The van der Waals surface area contributed by atoms with E-state index in [9.17, 15) is 0 Å². The average Bonchev–Trinajstić information content (AvgIpc) is 1.85. The maximum Gasteiger partial charge on any atom is 0.0903 e. The number of ether oxygens (including phenoxy) is 1. The minimum atomic E-state index is -0.616. The number of hydrogen-bond donors (Lipinski definition) is 1. The zero-order chi connectivity index (χ0) is 7.11. The molecular formula is C6H11NO2. The van der Waals surface area contributed by atoms with Gasteiger partial charge in [0.2, 0.25) is 0 Å². The van der Waals surface area contributed by atoms with Gasteiger partial charge in [-0.1, -0.05) is 0 Å². The smallest absolute Gasteiger partial charge is 0.0903 e. The van der Waals surface area contributed by atoms with Gasteiger partial charge in [0.25, 0.3) is 0 Å². The lowest BCUT2D eigenvalue weighted by atomic mass is 10.3. The Morgan fingerprint density at radius 3 is 2.89 bits per heavy atom. The summed E-state index contributed by atoms with van der Waals surface area (Å²) in [6.45, 7) is 2.70. The molecule has 3 heteroatoms. The predicted octanol–water partition coefficient (Wildman–Crippen LogP) is 0.297. The summed E-state index contributed by atoms with van der Waals surface area (Å²) >= 11 is 0. The lowest BCUT2D eigenvalue weighted by Gasteiger charge is -2.03. The van der Waals surface area contributed by atoms with Gasteiger partial charge in [-0.05, 0) is 6.92 Å². The third kappa shape index (κ3) is 5.28. The molecule has 0 aromatic rings. The number of hydrogen-bond acceptors (Lipinski definition) is 3. The van der Waals surface area contributed by atoms with Gasteiger partial charge >= 0.3 is 0 Å². The lowest BCUT2D eigenvalue weighted by Crippen LogP contribution is -2.13. The molecule has 0 saturated carbocycles. The van der Waals surface area contributed by atoms with Gasteiger partial charge in [0.1, 0.15) is 0 Å².